The standard InChI is InChI=1S/C13H19N5O3/c1-14-13(20)17-11(19)4-6-18-5-3-10-9(7-18)12(21-2)16-8-15-10/h8H,3-7H2,1-2H3,(H2,14,17,19,20). The Morgan fingerprint density at radius 1 is 1.43 bits per heavy atom. The second kappa shape index (κ2) is 6.98. The lowest BCUT2D eigenvalue weighted by atomic mass is 10.1. The van der Waals surface area contributed by atoms with Crippen LogP contribution in [0, 0.1) is 0 Å². The highest BCUT2D eigenvalue weighted by molar-refractivity contribution is 5.94. The first kappa shape index (κ1) is 15.2. The molecule has 0 saturated heterocycles. The van der Waals surface area contributed by atoms with Gasteiger partial charge in [0.05, 0.1) is 12.8 Å². The van der Waals surface area contributed by atoms with Crippen LogP contribution in [0.1, 0.15) is 17.7 Å². The summed E-state index contributed by atoms with van der Waals surface area (Å²) in [7, 11) is 3.05. The lowest BCUT2D eigenvalue weighted by Gasteiger charge is -2.28. The third kappa shape index (κ3) is 3.88. The molecular weight excluding hydrogens is 274 g/mol. The van der Waals surface area contributed by atoms with E-state index in [9.17, 15) is 9.59 Å². The van der Waals surface area contributed by atoms with Gasteiger partial charge in [-0.3, -0.25) is 15.0 Å². The molecule has 0 fully saturated rings. The first-order valence-electron chi connectivity index (χ1n) is 6.74. The van der Waals surface area contributed by atoms with Gasteiger partial charge in [0.1, 0.15) is 6.33 Å². The van der Waals surface area contributed by atoms with Crippen LogP contribution in [0.2, 0.25) is 0 Å². The molecule has 2 rings (SSSR count). The number of carbonyl (C=O) groups excluding carboxylic acids is 2. The average Bonchev–Trinajstić information content (AvgIpc) is 2.51. The Labute approximate surface area is 122 Å². The molecule has 1 aromatic heterocycles. The van der Waals surface area contributed by atoms with E-state index < -0.39 is 6.03 Å². The van der Waals surface area contributed by atoms with Gasteiger partial charge in [-0.1, -0.05) is 0 Å². The molecule has 0 unspecified atom stereocenters. The Morgan fingerprint density at radius 3 is 2.95 bits per heavy atom. The highest BCUT2D eigenvalue weighted by atomic mass is 16.5. The summed E-state index contributed by atoms with van der Waals surface area (Å²) < 4.78 is 5.24. The normalized spacial score (nSPS) is 14.2. The van der Waals surface area contributed by atoms with Crippen LogP contribution in [0.5, 0.6) is 5.88 Å². The summed E-state index contributed by atoms with van der Waals surface area (Å²) in [5.74, 6) is 0.288. The Bertz CT molecular complexity index is 520. The predicted octanol–water partition coefficient (Wildman–Crippen LogP) is -0.311. The van der Waals surface area contributed by atoms with Gasteiger partial charge in [0.15, 0.2) is 0 Å². The number of methoxy groups -OCH3 is 1. The van der Waals surface area contributed by atoms with Gasteiger partial charge >= 0.3 is 6.03 Å². The molecule has 114 valence electrons. The topological polar surface area (TPSA) is 96.5 Å². The minimum atomic E-state index is -0.487. The summed E-state index contributed by atoms with van der Waals surface area (Å²) in [6.45, 7) is 2.04. The third-order valence-corrected chi connectivity index (χ3v) is 3.37. The Hall–Kier alpha value is -2.22. The number of urea groups is 1. The maximum absolute atomic E-state index is 11.6. The molecule has 3 amide bonds. The number of aromatic nitrogens is 2. The van der Waals surface area contributed by atoms with Crippen molar-refractivity contribution in [1.29, 1.82) is 0 Å². The molecule has 1 aliphatic rings. The molecule has 8 heteroatoms. The van der Waals surface area contributed by atoms with Gasteiger partial charge in [0.2, 0.25) is 11.8 Å². The molecule has 2 heterocycles. The lowest BCUT2D eigenvalue weighted by molar-refractivity contribution is -0.120. The zero-order chi connectivity index (χ0) is 15.2. The van der Waals surface area contributed by atoms with E-state index in [4.69, 9.17) is 4.74 Å². The van der Waals surface area contributed by atoms with Crippen LogP contribution in [0.3, 0.4) is 0 Å². The molecule has 0 aromatic carbocycles. The van der Waals surface area contributed by atoms with Crippen LogP contribution in [0.15, 0.2) is 6.33 Å². The van der Waals surface area contributed by atoms with Crippen molar-refractivity contribution in [3.8, 4) is 5.88 Å². The Kier molecular flexibility index (Phi) is 5.04. The second-order valence-corrected chi connectivity index (χ2v) is 4.71. The summed E-state index contributed by atoms with van der Waals surface area (Å²) in [5, 5.41) is 4.59. The van der Waals surface area contributed by atoms with Gasteiger partial charge in [-0.25, -0.2) is 14.8 Å². The summed E-state index contributed by atoms with van der Waals surface area (Å²) in [6.07, 6.45) is 2.56. The number of fused-ring (bicyclic) bond motifs is 1. The fourth-order valence-electron chi connectivity index (χ4n) is 2.25. The molecule has 0 atom stereocenters. The van der Waals surface area contributed by atoms with E-state index in [2.05, 4.69) is 25.5 Å². The molecule has 0 spiro atoms. The average molecular weight is 293 g/mol. The highest BCUT2D eigenvalue weighted by Crippen LogP contribution is 2.24. The van der Waals surface area contributed by atoms with Gasteiger partial charge in [-0.2, -0.15) is 0 Å². The van der Waals surface area contributed by atoms with Crippen LogP contribution in [-0.4, -0.2) is 54.1 Å². The van der Waals surface area contributed by atoms with Crippen LogP contribution in [0.4, 0.5) is 4.79 Å². The molecule has 0 aliphatic carbocycles. The van der Waals surface area contributed by atoms with Crippen molar-refractivity contribution >= 4 is 11.9 Å². The maximum atomic E-state index is 11.6. The number of imide groups is 1. The Morgan fingerprint density at radius 2 is 2.24 bits per heavy atom. The predicted molar refractivity (Wildman–Crippen MR) is 74.8 cm³/mol. The smallest absolute Gasteiger partial charge is 0.321 e. The number of rotatable bonds is 4. The van der Waals surface area contributed by atoms with Crippen LogP contribution in [0.25, 0.3) is 0 Å². The van der Waals surface area contributed by atoms with Crippen LogP contribution in [-0.2, 0) is 17.8 Å². The highest BCUT2D eigenvalue weighted by Gasteiger charge is 2.22. The van der Waals surface area contributed by atoms with Crippen molar-refractivity contribution in [2.75, 3.05) is 27.2 Å². The summed E-state index contributed by atoms with van der Waals surface area (Å²) in [6, 6.07) is -0.487. The van der Waals surface area contributed by atoms with E-state index in [-0.39, 0.29) is 12.3 Å². The molecule has 21 heavy (non-hydrogen) atoms. The van der Waals surface area contributed by atoms with Crippen molar-refractivity contribution in [3.63, 3.8) is 0 Å². The molecule has 0 radical (unpaired) electrons. The van der Waals surface area contributed by atoms with E-state index in [1.807, 2.05) is 0 Å². The maximum Gasteiger partial charge on any atom is 0.321 e. The fraction of sp³-hybridized carbons (Fsp3) is 0.538. The van der Waals surface area contributed by atoms with E-state index in [0.717, 1.165) is 24.2 Å². The van der Waals surface area contributed by atoms with Crippen molar-refractivity contribution in [3.05, 3.63) is 17.6 Å². The zero-order valence-electron chi connectivity index (χ0n) is 12.2. The van der Waals surface area contributed by atoms with E-state index in [0.29, 0.717) is 19.0 Å². The van der Waals surface area contributed by atoms with E-state index in [1.165, 1.54) is 13.4 Å². The summed E-state index contributed by atoms with van der Waals surface area (Å²) in [4.78, 5) is 33.1. The Balaban J connectivity index is 1.90. The molecule has 1 aromatic rings. The van der Waals surface area contributed by atoms with Gasteiger partial charge in [0, 0.05) is 45.1 Å². The minimum Gasteiger partial charge on any atom is -0.481 e. The quantitative estimate of drug-likeness (QED) is 0.790. The van der Waals surface area contributed by atoms with Crippen molar-refractivity contribution in [1.82, 2.24) is 25.5 Å². The van der Waals surface area contributed by atoms with Crippen molar-refractivity contribution in [2.24, 2.45) is 0 Å². The zero-order valence-corrected chi connectivity index (χ0v) is 12.2. The van der Waals surface area contributed by atoms with Gasteiger partial charge < -0.3 is 10.1 Å². The number of hydrogen-bond donors (Lipinski definition) is 2. The number of amides is 3. The summed E-state index contributed by atoms with van der Waals surface area (Å²) >= 11 is 0. The minimum absolute atomic E-state index is 0.263. The largest absolute Gasteiger partial charge is 0.481 e. The molecule has 1 aliphatic heterocycles. The monoisotopic (exact) mass is 293 g/mol. The number of ether oxygens (including phenoxy) is 1. The molecule has 0 saturated carbocycles. The second-order valence-electron chi connectivity index (χ2n) is 4.71. The number of hydrogen-bond acceptors (Lipinski definition) is 6. The number of carbonyl (C=O) groups is 2. The van der Waals surface area contributed by atoms with Gasteiger partial charge in [-0.05, 0) is 0 Å². The van der Waals surface area contributed by atoms with Crippen molar-refractivity contribution < 1.29 is 14.3 Å². The number of nitrogens with zero attached hydrogens (tertiary/aromatic N) is 3. The van der Waals surface area contributed by atoms with Gasteiger partial charge in [-0.15, -0.1) is 0 Å². The lowest BCUT2D eigenvalue weighted by Crippen LogP contribution is -2.40. The van der Waals surface area contributed by atoms with Gasteiger partial charge in [0.25, 0.3) is 0 Å². The number of nitrogens with one attached hydrogen (secondary N) is 2. The van der Waals surface area contributed by atoms with E-state index >= 15 is 0 Å². The first-order chi connectivity index (χ1) is 10.1. The molecule has 2 N–H and O–H groups in total. The third-order valence-electron chi connectivity index (χ3n) is 3.37. The molecule has 0 bridgehead atoms. The van der Waals surface area contributed by atoms with E-state index in [1.54, 1.807) is 7.11 Å². The molecular formula is C13H19N5O3. The molecule has 8 nitrogen and oxygen atoms in total. The van der Waals surface area contributed by atoms with Crippen LogP contribution < -0.4 is 15.4 Å². The summed E-state index contributed by atoms with van der Waals surface area (Å²) in [5.41, 5.74) is 1.96. The van der Waals surface area contributed by atoms with Crippen LogP contribution >= 0.6 is 0 Å². The fourth-order valence-corrected chi connectivity index (χ4v) is 2.25. The van der Waals surface area contributed by atoms with Crippen molar-refractivity contribution in [2.45, 2.75) is 19.4 Å². The first-order valence-corrected chi connectivity index (χ1v) is 6.74. The SMILES string of the molecule is CNC(=O)NC(=O)CCN1CCc2ncnc(OC)c2C1.